The standard InChI is InChI=1S/C13H14ClNO5S/c14-21(17,18)7-10-4-13(16)15(6-10)5-9-1-2-11-12(3-9)20-8-19-11/h1-3,10H,4-8H2. The fourth-order valence-electron chi connectivity index (χ4n) is 2.66. The van der Waals surface area contributed by atoms with Crippen LogP contribution < -0.4 is 9.47 Å². The van der Waals surface area contributed by atoms with Gasteiger partial charge in [0.1, 0.15) is 0 Å². The van der Waals surface area contributed by atoms with Gasteiger partial charge in [-0.3, -0.25) is 4.79 Å². The molecular weight excluding hydrogens is 318 g/mol. The Bertz CT molecular complexity index is 675. The lowest BCUT2D eigenvalue weighted by atomic mass is 10.1. The maximum atomic E-state index is 11.9. The highest BCUT2D eigenvalue weighted by Gasteiger charge is 2.32. The van der Waals surface area contributed by atoms with E-state index in [4.69, 9.17) is 20.2 Å². The van der Waals surface area contributed by atoms with Crippen LogP contribution in [0.25, 0.3) is 0 Å². The molecule has 8 heteroatoms. The summed E-state index contributed by atoms with van der Waals surface area (Å²) in [5.74, 6) is 0.890. The van der Waals surface area contributed by atoms with Crippen molar-refractivity contribution in [1.29, 1.82) is 0 Å². The third kappa shape index (κ3) is 3.41. The number of halogens is 1. The predicted molar refractivity (Wildman–Crippen MR) is 75.7 cm³/mol. The van der Waals surface area contributed by atoms with E-state index < -0.39 is 9.05 Å². The fourth-order valence-corrected chi connectivity index (χ4v) is 3.98. The van der Waals surface area contributed by atoms with Crippen LogP contribution in [0.15, 0.2) is 18.2 Å². The molecule has 1 aromatic rings. The van der Waals surface area contributed by atoms with Crippen LogP contribution in [-0.4, -0.2) is 38.3 Å². The summed E-state index contributed by atoms with van der Waals surface area (Å²) in [4.78, 5) is 13.6. The zero-order valence-electron chi connectivity index (χ0n) is 11.1. The lowest BCUT2D eigenvalue weighted by Gasteiger charge is -2.16. The van der Waals surface area contributed by atoms with E-state index in [-0.39, 0.29) is 30.8 Å². The Labute approximate surface area is 127 Å². The van der Waals surface area contributed by atoms with Gasteiger partial charge in [-0.05, 0) is 17.7 Å². The quantitative estimate of drug-likeness (QED) is 0.778. The molecule has 0 bridgehead atoms. The molecule has 0 aromatic heterocycles. The zero-order valence-corrected chi connectivity index (χ0v) is 12.7. The molecule has 0 aliphatic carbocycles. The van der Waals surface area contributed by atoms with E-state index in [1.807, 2.05) is 12.1 Å². The number of ether oxygens (including phenoxy) is 2. The topological polar surface area (TPSA) is 72.9 Å². The molecule has 0 radical (unpaired) electrons. The van der Waals surface area contributed by atoms with Crippen molar-refractivity contribution >= 4 is 25.6 Å². The second kappa shape index (κ2) is 5.38. The van der Waals surface area contributed by atoms with Crippen LogP contribution in [0.3, 0.4) is 0 Å². The van der Waals surface area contributed by atoms with Crippen LogP contribution in [-0.2, 0) is 20.4 Å². The lowest BCUT2D eigenvalue weighted by molar-refractivity contribution is -0.128. The first-order valence-electron chi connectivity index (χ1n) is 6.49. The van der Waals surface area contributed by atoms with Crippen LogP contribution in [0.1, 0.15) is 12.0 Å². The predicted octanol–water partition coefficient (Wildman–Crippen LogP) is 1.33. The molecule has 1 saturated heterocycles. The van der Waals surface area contributed by atoms with E-state index in [0.29, 0.717) is 24.6 Å². The number of hydrogen-bond acceptors (Lipinski definition) is 5. The van der Waals surface area contributed by atoms with Gasteiger partial charge in [-0.15, -0.1) is 0 Å². The highest BCUT2D eigenvalue weighted by atomic mass is 35.7. The summed E-state index contributed by atoms with van der Waals surface area (Å²) in [6.07, 6.45) is 0.219. The molecule has 3 rings (SSSR count). The van der Waals surface area contributed by atoms with Gasteiger partial charge in [-0.25, -0.2) is 8.42 Å². The lowest BCUT2D eigenvalue weighted by Crippen LogP contribution is -2.25. The van der Waals surface area contributed by atoms with Crippen LogP contribution in [0, 0.1) is 5.92 Å². The Morgan fingerprint density at radius 2 is 2.05 bits per heavy atom. The summed E-state index contributed by atoms with van der Waals surface area (Å²) in [6, 6.07) is 5.51. The molecule has 1 fully saturated rings. The van der Waals surface area contributed by atoms with Gasteiger partial charge in [0.05, 0.1) is 5.75 Å². The molecule has 1 amide bonds. The largest absolute Gasteiger partial charge is 0.454 e. The summed E-state index contributed by atoms with van der Waals surface area (Å²) in [6.45, 7) is 1.03. The number of fused-ring (bicyclic) bond motifs is 1. The number of carbonyl (C=O) groups is 1. The van der Waals surface area contributed by atoms with Gasteiger partial charge in [0.25, 0.3) is 0 Å². The number of carbonyl (C=O) groups excluding carboxylic acids is 1. The van der Waals surface area contributed by atoms with Crippen LogP contribution in [0.5, 0.6) is 11.5 Å². The Morgan fingerprint density at radius 1 is 1.29 bits per heavy atom. The van der Waals surface area contributed by atoms with Gasteiger partial charge in [-0.2, -0.15) is 0 Å². The number of nitrogens with zero attached hydrogens (tertiary/aromatic N) is 1. The van der Waals surface area contributed by atoms with Crippen LogP contribution in [0.2, 0.25) is 0 Å². The van der Waals surface area contributed by atoms with E-state index in [0.717, 1.165) is 5.56 Å². The maximum absolute atomic E-state index is 11.9. The molecule has 1 aromatic carbocycles. The molecule has 114 valence electrons. The summed E-state index contributed by atoms with van der Waals surface area (Å²) in [5, 5.41) is 0. The maximum Gasteiger partial charge on any atom is 0.232 e. The van der Waals surface area contributed by atoms with E-state index in [9.17, 15) is 13.2 Å². The van der Waals surface area contributed by atoms with E-state index in [1.54, 1.807) is 11.0 Å². The molecule has 2 aliphatic heterocycles. The first-order valence-corrected chi connectivity index (χ1v) is 8.97. The van der Waals surface area contributed by atoms with Crippen molar-refractivity contribution in [3.63, 3.8) is 0 Å². The smallest absolute Gasteiger partial charge is 0.232 e. The molecule has 2 aliphatic rings. The number of likely N-dealkylation sites (tertiary alicyclic amines) is 1. The van der Waals surface area contributed by atoms with Crippen molar-refractivity contribution in [2.75, 3.05) is 19.1 Å². The minimum absolute atomic E-state index is 0.0574. The fraction of sp³-hybridized carbons (Fsp3) is 0.462. The molecule has 0 N–H and O–H groups in total. The Morgan fingerprint density at radius 3 is 2.81 bits per heavy atom. The van der Waals surface area contributed by atoms with E-state index in [1.165, 1.54) is 0 Å². The number of rotatable bonds is 4. The highest BCUT2D eigenvalue weighted by molar-refractivity contribution is 8.13. The van der Waals surface area contributed by atoms with Gasteiger partial charge < -0.3 is 14.4 Å². The van der Waals surface area contributed by atoms with Crippen molar-refractivity contribution in [3.05, 3.63) is 23.8 Å². The highest BCUT2D eigenvalue weighted by Crippen LogP contribution is 2.33. The SMILES string of the molecule is O=C1CC(CS(=O)(=O)Cl)CN1Cc1ccc2c(c1)OCO2. The molecule has 1 unspecified atom stereocenters. The third-order valence-electron chi connectivity index (χ3n) is 3.54. The van der Waals surface area contributed by atoms with Crippen molar-refractivity contribution in [2.45, 2.75) is 13.0 Å². The van der Waals surface area contributed by atoms with Crippen LogP contribution in [0.4, 0.5) is 0 Å². The van der Waals surface area contributed by atoms with Crippen molar-refractivity contribution < 1.29 is 22.7 Å². The van der Waals surface area contributed by atoms with Gasteiger partial charge in [0.15, 0.2) is 11.5 Å². The van der Waals surface area contributed by atoms with Gasteiger partial charge in [0.2, 0.25) is 21.8 Å². The third-order valence-corrected chi connectivity index (χ3v) is 4.79. The molecule has 0 saturated carbocycles. The first kappa shape index (κ1) is 14.5. The second-order valence-electron chi connectivity index (χ2n) is 5.24. The average Bonchev–Trinajstić information content (AvgIpc) is 2.94. The summed E-state index contributed by atoms with van der Waals surface area (Å²) in [7, 11) is 1.67. The van der Waals surface area contributed by atoms with Gasteiger partial charge >= 0.3 is 0 Å². The minimum atomic E-state index is -3.58. The van der Waals surface area contributed by atoms with E-state index >= 15 is 0 Å². The normalized spacial score (nSPS) is 21.1. The molecular formula is C13H14ClNO5S. The summed E-state index contributed by atoms with van der Waals surface area (Å²) < 4.78 is 32.7. The second-order valence-corrected chi connectivity index (χ2v) is 8.06. The Hall–Kier alpha value is -1.47. The zero-order chi connectivity index (χ0) is 15.0. The molecule has 6 nitrogen and oxygen atoms in total. The Kier molecular flexibility index (Phi) is 3.71. The Balaban J connectivity index is 1.67. The van der Waals surface area contributed by atoms with Crippen molar-refractivity contribution in [2.24, 2.45) is 5.92 Å². The summed E-state index contributed by atoms with van der Waals surface area (Å²) >= 11 is 0. The monoisotopic (exact) mass is 331 g/mol. The van der Waals surface area contributed by atoms with Gasteiger partial charge in [0, 0.05) is 36.1 Å². The average molecular weight is 332 g/mol. The van der Waals surface area contributed by atoms with E-state index in [2.05, 4.69) is 0 Å². The van der Waals surface area contributed by atoms with Crippen molar-refractivity contribution in [3.8, 4) is 11.5 Å². The summed E-state index contributed by atoms with van der Waals surface area (Å²) in [5.41, 5.74) is 0.919. The van der Waals surface area contributed by atoms with Crippen LogP contribution >= 0.6 is 10.7 Å². The molecule has 2 heterocycles. The van der Waals surface area contributed by atoms with Crippen molar-refractivity contribution in [1.82, 2.24) is 4.90 Å². The molecule has 0 spiro atoms. The molecule has 1 atom stereocenters. The number of benzene rings is 1. The van der Waals surface area contributed by atoms with Gasteiger partial charge in [-0.1, -0.05) is 6.07 Å². The number of hydrogen-bond donors (Lipinski definition) is 0. The first-order chi connectivity index (χ1) is 9.90. The minimum Gasteiger partial charge on any atom is -0.454 e. The number of amides is 1. The molecule has 21 heavy (non-hydrogen) atoms.